The monoisotopic (exact) mass is 315 g/mol. The van der Waals surface area contributed by atoms with Gasteiger partial charge in [-0.3, -0.25) is 4.79 Å². The van der Waals surface area contributed by atoms with Crippen molar-refractivity contribution in [2.24, 2.45) is 0 Å². The molecule has 3 rings (SSSR count). The molecule has 0 aliphatic rings. The molecule has 4 N–H and O–H groups in total. The van der Waals surface area contributed by atoms with Gasteiger partial charge in [0.05, 0.1) is 0 Å². The lowest BCUT2D eigenvalue weighted by Crippen LogP contribution is -2.17. The second-order valence-electron chi connectivity index (χ2n) is 6.14. The first kappa shape index (κ1) is 14.5. The third kappa shape index (κ3) is 2.33. The van der Waals surface area contributed by atoms with Gasteiger partial charge in [0.1, 0.15) is 10.7 Å². The van der Waals surface area contributed by atoms with Crippen molar-refractivity contribution in [1.29, 1.82) is 0 Å². The summed E-state index contributed by atoms with van der Waals surface area (Å²) in [6, 6.07) is 8.18. The number of rotatable bonds is 1. The number of hydrogen-bond donors (Lipinski definition) is 2. The zero-order valence-corrected chi connectivity index (χ0v) is 13.4. The van der Waals surface area contributed by atoms with Crippen LogP contribution >= 0.6 is 11.3 Å². The normalized spacial score (nSPS) is 12.0. The molecule has 2 heterocycles. The van der Waals surface area contributed by atoms with Crippen LogP contribution in [0.1, 0.15) is 26.3 Å². The Hall–Kier alpha value is -2.41. The fourth-order valence-corrected chi connectivity index (χ4v) is 3.01. The maximum atomic E-state index is 11.6. The molecule has 0 unspecified atom stereocenters. The lowest BCUT2D eigenvalue weighted by molar-refractivity contribution is 0.590. The van der Waals surface area contributed by atoms with Crippen LogP contribution in [0.5, 0.6) is 0 Å². The van der Waals surface area contributed by atoms with Crippen LogP contribution in [-0.2, 0) is 5.41 Å². The van der Waals surface area contributed by atoms with Crippen LogP contribution in [0.15, 0.2) is 29.1 Å². The van der Waals surface area contributed by atoms with Crippen molar-refractivity contribution in [1.82, 2.24) is 14.6 Å². The highest BCUT2D eigenvalue weighted by Crippen LogP contribution is 2.29. The Morgan fingerprint density at radius 1 is 1.14 bits per heavy atom. The lowest BCUT2D eigenvalue weighted by atomic mass is 9.87. The number of hydrogen-bond acceptors (Lipinski definition) is 6. The summed E-state index contributed by atoms with van der Waals surface area (Å²) < 4.78 is 1.41. The van der Waals surface area contributed by atoms with E-state index >= 15 is 0 Å². The molecule has 0 saturated heterocycles. The number of fused-ring (bicyclic) bond motifs is 1. The van der Waals surface area contributed by atoms with E-state index in [1.54, 1.807) is 0 Å². The van der Waals surface area contributed by atoms with Crippen LogP contribution in [-0.4, -0.2) is 14.6 Å². The lowest BCUT2D eigenvalue weighted by Gasteiger charge is -2.18. The number of nitrogen functional groups attached to an aromatic ring is 2. The van der Waals surface area contributed by atoms with Gasteiger partial charge in [-0.25, -0.2) is 0 Å². The summed E-state index contributed by atoms with van der Waals surface area (Å²) in [6.07, 6.45) is 0. The summed E-state index contributed by atoms with van der Waals surface area (Å²) in [5.41, 5.74) is 13.1. The summed E-state index contributed by atoms with van der Waals surface area (Å²) in [6.45, 7) is 6.50. The number of nitrogens with zero attached hydrogens (tertiary/aromatic N) is 3. The van der Waals surface area contributed by atoms with Crippen LogP contribution < -0.4 is 17.0 Å². The molecule has 0 spiro atoms. The van der Waals surface area contributed by atoms with Gasteiger partial charge in [0, 0.05) is 5.56 Å². The van der Waals surface area contributed by atoms with Crippen molar-refractivity contribution in [3.63, 3.8) is 0 Å². The molecule has 114 valence electrons. The molecule has 0 saturated carbocycles. The first-order valence-corrected chi connectivity index (χ1v) is 7.65. The zero-order valence-electron chi connectivity index (χ0n) is 12.6. The standard InChI is InChI=1S/C15H17N5OS/c1-15(2,3)9-6-4-8(5-7-9)13-19-20-11(17)10(16)12(21)18-14(20)22-13/h4-7H,16-17H2,1-3H3. The fourth-order valence-electron chi connectivity index (χ4n) is 2.11. The second kappa shape index (κ2) is 4.81. The molecule has 0 radical (unpaired) electrons. The highest BCUT2D eigenvalue weighted by Gasteiger charge is 2.16. The molecule has 2 aromatic heterocycles. The van der Waals surface area contributed by atoms with Gasteiger partial charge in [-0.1, -0.05) is 56.4 Å². The zero-order chi connectivity index (χ0) is 16.1. The molecule has 1 aromatic carbocycles. The van der Waals surface area contributed by atoms with Gasteiger partial charge in [-0.05, 0) is 11.0 Å². The van der Waals surface area contributed by atoms with Gasteiger partial charge in [0.2, 0.25) is 4.96 Å². The molecule has 6 nitrogen and oxygen atoms in total. The minimum absolute atomic E-state index is 0.0718. The Morgan fingerprint density at radius 2 is 1.77 bits per heavy atom. The Balaban J connectivity index is 2.11. The Bertz CT molecular complexity index is 903. The van der Waals surface area contributed by atoms with E-state index in [9.17, 15) is 4.79 Å². The van der Waals surface area contributed by atoms with Gasteiger partial charge < -0.3 is 11.5 Å². The van der Waals surface area contributed by atoms with Crippen molar-refractivity contribution >= 4 is 27.8 Å². The average Bonchev–Trinajstić information content (AvgIpc) is 2.88. The highest BCUT2D eigenvalue weighted by atomic mass is 32.1. The molecule has 0 aliphatic carbocycles. The van der Waals surface area contributed by atoms with Crippen LogP contribution in [0, 0.1) is 0 Å². The summed E-state index contributed by atoms with van der Waals surface area (Å²) in [5, 5.41) is 5.15. The smallest absolute Gasteiger partial charge is 0.299 e. The molecule has 0 bridgehead atoms. The van der Waals surface area contributed by atoms with E-state index in [1.165, 1.54) is 21.4 Å². The van der Waals surface area contributed by atoms with Gasteiger partial charge in [-0.15, -0.1) is 0 Å². The van der Waals surface area contributed by atoms with Crippen LogP contribution in [0.2, 0.25) is 0 Å². The van der Waals surface area contributed by atoms with Crippen LogP contribution in [0.4, 0.5) is 11.5 Å². The topological polar surface area (TPSA) is 99.3 Å². The van der Waals surface area contributed by atoms with Gasteiger partial charge in [-0.2, -0.15) is 14.6 Å². The molecule has 0 aliphatic heterocycles. The van der Waals surface area contributed by atoms with Gasteiger partial charge in [0.25, 0.3) is 5.56 Å². The van der Waals surface area contributed by atoms with Crippen molar-refractivity contribution in [3.05, 3.63) is 40.2 Å². The number of benzene rings is 1. The van der Waals surface area contributed by atoms with E-state index < -0.39 is 5.56 Å². The first-order chi connectivity index (χ1) is 10.3. The van der Waals surface area contributed by atoms with Crippen LogP contribution in [0.3, 0.4) is 0 Å². The Kier molecular flexibility index (Phi) is 3.17. The maximum Gasteiger partial charge on any atom is 0.299 e. The van der Waals surface area contributed by atoms with Crippen molar-refractivity contribution in [3.8, 4) is 10.6 Å². The number of anilines is 2. The quantitative estimate of drug-likeness (QED) is 0.717. The second-order valence-corrected chi connectivity index (χ2v) is 7.10. The predicted molar refractivity (Wildman–Crippen MR) is 90.1 cm³/mol. The Morgan fingerprint density at radius 3 is 2.36 bits per heavy atom. The highest BCUT2D eigenvalue weighted by molar-refractivity contribution is 7.19. The fraction of sp³-hybridized carbons (Fsp3) is 0.267. The largest absolute Gasteiger partial charge is 0.391 e. The Labute approximate surface area is 131 Å². The maximum absolute atomic E-state index is 11.6. The predicted octanol–water partition coefficient (Wildman–Crippen LogP) is 2.28. The summed E-state index contributed by atoms with van der Waals surface area (Å²) in [5.74, 6) is 0.129. The van der Waals surface area contributed by atoms with Crippen molar-refractivity contribution < 1.29 is 0 Å². The molecule has 0 fully saturated rings. The van der Waals surface area contributed by atoms with E-state index in [1.807, 2.05) is 12.1 Å². The van der Waals surface area contributed by atoms with Crippen LogP contribution in [0.25, 0.3) is 15.5 Å². The van der Waals surface area contributed by atoms with Crippen molar-refractivity contribution in [2.75, 3.05) is 11.5 Å². The number of nitrogens with two attached hydrogens (primary N) is 2. The molecule has 0 amide bonds. The SMILES string of the molecule is CC(C)(C)c1ccc(-c2nn3c(N)c(N)c(=O)nc3s2)cc1. The first-order valence-electron chi connectivity index (χ1n) is 6.83. The number of aromatic nitrogens is 3. The summed E-state index contributed by atoms with van der Waals surface area (Å²) in [7, 11) is 0. The molecule has 7 heteroatoms. The summed E-state index contributed by atoms with van der Waals surface area (Å²) in [4.78, 5) is 15.9. The molecular weight excluding hydrogens is 298 g/mol. The van der Waals surface area contributed by atoms with E-state index in [-0.39, 0.29) is 16.9 Å². The average molecular weight is 315 g/mol. The van der Waals surface area contributed by atoms with E-state index in [4.69, 9.17) is 11.5 Å². The molecule has 3 aromatic rings. The van der Waals surface area contributed by atoms with Crippen molar-refractivity contribution in [2.45, 2.75) is 26.2 Å². The van der Waals surface area contributed by atoms with Gasteiger partial charge in [0.15, 0.2) is 5.82 Å². The molecule has 0 atom stereocenters. The minimum atomic E-state index is -0.518. The molecular formula is C15H17N5OS. The third-order valence-corrected chi connectivity index (χ3v) is 4.45. The van der Waals surface area contributed by atoms with E-state index in [0.717, 1.165) is 10.6 Å². The minimum Gasteiger partial charge on any atom is -0.391 e. The van der Waals surface area contributed by atoms with E-state index in [2.05, 4.69) is 43.0 Å². The van der Waals surface area contributed by atoms with Gasteiger partial charge >= 0.3 is 0 Å². The van der Waals surface area contributed by atoms with E-state index in [0.29, 0.717) is 4.96 Å². The third-order valence-electron chi connectivity index (χ3n) is 3.49. The molecule has 22 heavy (non-hydrogen) atoms. The summed E-state index contributed by atoms with van der Waals surface area (Å²) >= 11 is 1.31.